The Morgan fingerprint density at radius 1 is 1.33 bits per heavy atom. The maximum atomic E-state index is 5.49. The van der Waals surface area contributed by atoms with E-state index in [9.17, 15) is 0 Å². The molecule has 1 fully saturated rings. The van der Waals surface area contributed by atoms with E-state index in [1.807, 2.05) is 12.1 Å². The summed E-state index contributed by atoms with van der Waals surface area (Å²) in [7, 11) is 0. The highest BCUT2D eigenvalue weighted by Gasteiger charge is 2.27. The van der Waals surface area contributed by atoms with Crippen molar-refractivity contribution >= 4 is 11.8 Å². The summed E-state index contributed by atoms with van der Waals surface area (Å²) in [6.45, 7) is 6.92. The molecule has 0 amide bonds. The fourth-order valence-electron chi connectivity index (χ4n) is 3.09. The summed E-state index contributed by atoms with van der Waals surface area (Å²) in [4.78, 5) is 11.9. The quantitative estimate of drug-likeness (QED) is 0.850. The van der Waals surface area contributed by atoms with Crippen molar-refractivity contribution in [3.05, 3.63) is 35.4 Å². The Balaban J connectivity index is 1.57. The zero-order chi connectivity index (χ0) is 16.5. The molecule has 0 aromatic carbocycles. The van der Waals surface area contributed by atoms with Gasteiger partial charge in [0.2, 0.25) is 5.95 Å². The Labute approximate surface area is 142 Å². The Morgan fingerprint density at radius 3 is 2.92 bits per heavy atom. The summed E-state index contributed by atoms with van der Waals surface area (Å²) in [6.07, 6.45) is 5.16. The standard InChI is InChI=1S/C18H25N5O/c1-12(2)19-18-21-16-7-8-23(10-14-4-3-9-24-14)11-15(16)17(22-18)20-13-5-6-13/h3-4,9,12-13H,5-8,10-11H2,1-2H3,(H2,19,20,21,22). The molecule has 6 heteroatoms. The molecule has 4 rings (SSSR count). The molecule has 0 bridgehead atoms. The number of nitrogens with one attached hydrogen (secondary N) is 2. The van der Waals surface area contributed by atoms with Gasteiger partial charge in [-0.05, 0) is 38.8 Å². The average molecular weight is 327 g/mol. The van der Waals surface area contributed by atoms with Gasteiger partial charge in [0.15, 0.2) is 0 Å². The molecule has 128 valence electrons. The second kappa shape index (κ2) is 6.43. The van der Waals surface area contributed by atoms with Crippen LogP contribution in [0.3, 0.4) is 0 Å². The predicted molar refractivity (Wildman–Crippen MR) is 94.0 cm³/mol. The van der Waals surface area contributed by atoms with Crippen molar-refractivity contribution in [2.75, 3.05) is 17.2 Å². The number of furan rings is 1. The summed E-state index contributed by atoms with van der Waals surface area (Å²) in [5.41, 5.74) is 2.42. The molecule has 0 atom stereocenters. The molecule has 0 spiro atoms. The van der Waals surface area contributed by atoms with Crippen molar-refractivity contribution < 1.29 is 4.42 Å². The third kappa shape index (κ3) is 3.53. The second-order valence-corrected chi connectivity index (χ2v) is 7.08. The lowest BCUT2D eigenvalue weighted by molar-refractivity contribution is 0.224. The first-order chi connectivity index (χ1) is 11.7. The topological polar surface area (TPSA) is 66.2 Å². The number of anilines is 2. The van der Waals surface area contributed by atoms with E-state index < -0.39 is 0 Å². The number of nitrogens with zero attached hydrogens (tertiary/aromatic N) is 3. The van der Waals surface area contributed by atoms with Crippen LogP contribution in [0.2, 0.25) is 0 Å². The molecule has 2 N–H and O–H groups in total. The van der Waals surface area contributed by atoms with Gasteiger partial charge in [-0.2, -0.15) is 4.98 Å². The van der Waals surface area contributed by atoms with Gasteiger partial charge in [0.25, 0.3) is 0 Å². The van der Waals surface area contributed by atoms with Gasteiger partial charge in [0, 0.05) is 37.2 Å². The van der Waals surface area contributed by atoms with E-state index in [1.54, 1.807) is 6.26 Å². The molecule has 0 radical (unpaired) electrons. The lowest BCUT2D eigenvalue weighted by Gasteiger charge is -2.29. The molecule has 1 aliphatic carbocycles. The van der Waals surface area contributed by atoms with E-state index in [4.69, 9.17) is 14.4 Å². The Hall–Kier alpha value is -2.08. The van der Waals surface area contributed by atoms with Gasteiger partial charge in [0.1, 0.15) is 11.6 Å². The highest BCUT2D eigenvalue weighted by Crippen LogP contribution is 2.30. The normalized spacial score (nSPS) is 17.8. The molecular weight excluding hydrogens is 302 g/mol. The third-order valence-corrected chi connectivity index (χ3v) is 4.43. The minimum atomic E-state index is 0.330. The van der Waals surface area contributed by atoms with Gasteiger partial charge in [-0.25, -0.2) is 4.98 Å². The van der Waals surface area contributed by atoms with E-state index in [-0.39, 0.29) is 0 Å². The summed E-state index contributed by atoms with van der Waals surface area (Å²) in [6, 6.07) is 4.89. The van der Waals surface area contributed by atoms with Crippen LogP contribution in [0, 0.1) is 0 Å². The molecule has 1 aliphatic heterocycles. The minimum Gasteiger partial charge on any atom is -0.468 e. The van der Waals surface area contributed by atoms with Gasteiger partial charge >= 0.3 is 0 Å². The first kappa shape index (κ1) is 15.4. The van der Waals surface area contributed by atoms with Crippen LogP contribution in [-0.4, -0.2) is 33.5 Å². The molecule has 0 saturated heterocycles. The molecule has 2 aliphatic rings. The number of hydrogen-bond donors (Lipinski definition) is 2. The molecule has 0 unspecified atom stereocenters. The van der Waals surface area contributed by atoms with Crippen LogP contribution in [0.5, 0.6) is 0 Å². The second-order valence-electron chi connectivity index (χ2n) is 7.08. The molecular formula is C18H25N5O. The highest BCUT2D eigenvalue weighted by atomic mass is 16.3. The maximum absolute atomic E-state index is 5.49. The van der Waals surface area contributed by atoms with Crippen molar-refractivity contribution in [1.82, 2.24) is 14.9 Å². The Morgan fingerprint density at radius 2 is 2.21 bits per heavy atom. The Kier molecular flexibility index (Phi) is 4.14. The monoisotopic (exact) mass is 327 g/mol. The van der Waals surface area contributed by atoms with Gasteiger partial charge in [-0.15, -0.1) is 0 Å². The van der Waals surface area contributed by atoms with Gasteiger partial charge in [-0.1, -0.05) is 0 Å². The van der Waals surface area contributed by atoms with Crippen molar-refractivity contribution in [3.8, 4) is 0 Å². The van der Waals surface area contributed by atoms with Crippen molar-refractivity contribution in [3.63, 3.8) is 0 Å². The van der Waals surface area contributed by atoms with Crippen molar-refractivity contribution in [2.24, 2.45) is 0 Å². The smallest absolute Gasteiger partial charge is 0.225 e. The first-order valence-corrected chi connectivity index (χ1v) is 8.85. The molecule has 24 heavy (non-hydrogen) atoms. The van der Waals surface area contributed by atoms with E-state index in [1.165, 1.54) is 24.1 Å². The summed E-state index contributed by atoms with van der Waals surface area (Å²) in [5, 5.41) is 6.94. The number of fused-ring (bicyclic) bond motifs is 1. The molecule has 2 aromatic rings. The molecule has 6 nitrogen and oxygen atoms in total. The predicted octanol–water partition coefficient (Wildman–Crippen LogP) is 3.02. The van der Waals surface area contributed by atoms with Gasteiger partial charge in [-0.3, -0.25) is 4.90 Å². The van der Waals surface area contributed by atoms with E-state index in [2.05, 4.69) is 29.4 Å². The molecule has 1 saturated carbocycles. The van der Waals surface area contributed by atoms with E-state index >= 15 is 0 Å². The van der Waals surface area contributed by atoms with Gasteiger partial charge in [0.05, 0.1) is 18.5 Å². The lowest BCUT2D eigenvalue weighted by atomic mass is 10.1. The molecule has 3 heterocycles. The zero-order valence-corrected chi connectivity index (χ0v) is 14.4. The summed E-state index contributed by atoms with van der Waals surface area (Å²) in [5.74, 6) is 2.76. The zero-order valence-electron chi connectivity index (χ0n) is 14.4. The minimum absolute atomic E-state index is 0.330. The largest absolute Gasteiger partial charge is 0.468 e. The van der Waals surface area contributed by atoms with Gasteiger partial charge < -0.3 is 15.1 Å². The first-order valence-electron chi connectivity index (χ1n) is 8.85. The SMILES string of the molecule is CC(C)Nc1nc2c(c(NC3CC3)n1)CN(Cc1ccco1)CC2. The van der Waals surface area contributed by atoms with E-state index in [0.29, 0.717) is 12.1 Å². The van der Waals surface area contributed by atoms with Crippen molar-refractivity contribution in [2.45, 2.75) is 58.3 Å². The third-order valence-electron chi connectivity index (χ3n) is 4.43. The van der Waals surface area contributed by atoms with Crippen LogP contribution in [-0.2, 0) is 19.5 Å². The number of hydrogen-bond acceptors (Lipinski definition) is 6. The molecule has 2 aromatic heterocycles. The maximum Gasteiger partial charge on any atom is 0.225 e. The number of aromatic nitrogens is 2. The van der Waals surface area contributed by atoms with Crippen molar-refractivity contribution in [1.29, 1.82) is 0 Å². The summed E-state index contributed by atoms with van der Waals surface area (Å²) < 4.78 is 5.49. The number of rotatable bonds is 6. The van der Waals surface area contributed by atoms with Crippen LogP contribution < -0.4 is 10.6 Å². The Bertz CT molecular complexity index is 694. The van der Waals surface area contributed by atoms with Crippen LogP contribution in [0.4, 0.5) is 11.8 Å². The van der Waals surface area contributed by atoms with Crippen LogP contribution in [0.1, 0.15) is 43.7 Å². The highest BCUT2D eigenvalue weighted by molar-refractivity contribution is 5.53. The fourth-order valence-corrected chi connectivity index (χ4v) is 3.09. The average Bonchev–Trinajstić information content (AvgIpc) is 3.21. The fraction of sp³-hybridized carbons (Fsp3) is 0.556. The van der Waals surface area contributed by atoms with Crippen LogP contribution in [0.25, 0.3) is 0 Å². The lowest BCUT2D eigenvalue weighted by Crippen LogP contribution is -2.32. The summed E-state index contributed by atoms with van der Waals surface area (Å²) >= 11 is 0. The van der Waals surface area contributed by atoms with Crippen LogP contribution >= 0.6 is 0 Å². The van der Waals surface area contributed by atoms with E-state index in [0.717, 1.165) is 43.6 Å². The van der Waals surface area contributed by atoms with Crippen LogP contribution in [0.15, 0.2) is 22.8 Å².